The summed E-state index contributed by atoms with van der Waals surface area (Å²) in [4.78, 5) is 0. The topological polar surface area (TPSA) is 37.8 Å². The number of hydrogen-bond donors (Lipinski definition) is 1. The number of rotatable bonds is 4. The van der Waals surface area contributed by atoms with E-state index in [1.807, 2.05) is 6.20 Å². The fraction of sp³-hybridized carbons (Fsp3) is 0.733. The first kappa shape index (κ1) is 13.5. The Morgan fingerprint density at radius 1 is 1.22 bits per heavy atom. The minimum absolute atomic E-state index is 0.440. The van der Waals surface area contributed by atoms with Crippen molar-refractivity contribution in [1.29, 1.82) is 0 Å². The molecule has 2 rings (SSSR count). The Labute approximate surface area is 110 Å². The van der Waals surface area contributed by atoms with E-state index in [2.05, 4.69) is 42.4 Å². The van der Waals surface area contributed by atoms with Crippen LogP contribution in [0, 0.1) is 17.8 Å². The zero-order valence-corrected chi connectivity index (χ0v) is 11.8. The van der Waals surface area contributed by atoms with Gasteiger partial charge < -0.3 is 5.32 Å². The smallest absolute Gasteiger partial charge is 0.0544 e. The van der Waals surface area contributed by atoms with Gasteiger partial charge in [0.05, 0.1) is 6.20 Å². The number of nitrogens with one attached hydrogen (secondary N) is 1. The molecule has 0 aliphatic heterocycles. The molecular weight excluding hydrogens is 222 g/mol. The summed E-state index contributed by atoms with van der Waals surface area (Å²) in [5, 5.41) is 11.6. The summed E-state index contributed by atoms with van der Waals surface area (Å²) < 4.78 is 0. The average molecular weight is 247 g/mol. The Bertz CT molecular complexity index is 342. The number of aromatic nitrogens is 2. The maximum atomic E-state index is 4.03. The van der Waals surface area contributed by atoms with E-state index in [9.17, 15) is 0 Å². The second-order valence-corrected chi connectivity index (χ2v) is 5.89. The molecule has 1 N–H and O–H groups in total. The minimum Gasteiger partial charge on any atom is -0.310 e. The molecule has 100 valence electrons. The molecule has 1 aliphatic carbocycles. The van der Waals surface area contributed by atoms with Crippen molar-refractivity contribution < 1.29 is 0 Å². The van der Waals surface area contributed by atoms with Crippen LogP contribution in [0.5, 0.6) is 0 Å². The van der Waals surface area contributed by atoms with Crippen LogP contribution in [0.4, 0.5) is 0 Å². The van der Waals surface area contributed by atoms with Crippen LogP contribution in [-0.2, 0) is 0 Å². The average Bonchev–Trinajstić information content (AvgIpc) is 2.36. The zero-order valence-electron chi connectivity index (χ0n) is 11.8. The second kappa shape index (κ2) is 6.28. The van der Waals surface area contributed by atoms with Crippen molar-refractivity contribution in [3.05, 3.63) is 24.0 Å². The van der Waals surface area contributed by atoms with Crippen LogP contribution in [-0.4, -0.2) is 16.7 Å². The molecule has 1 fully saturated rings. The SMILES string of the molecule is CCNC(c1ccnnc1)C1CC(C)CC(C)C1. The van der Waals surface area contributed by atoms with E-state index in [-0.39, 0.29) is 0 Å². The van der Waals surface area contributed by atoms with Gasteiger partial charge in [-0.1, -0.05) is 20.8 Å². The van der Waals surface area contributed by atoms with Crippen molar-refractivity contribution in [3.8, 4) is 0 Å². The first-order chi connectivity index (χ1) is 8.70. The van der Waals surface area contributed by atoms with Crippen molar-refractivity contribution in [2.45, 2.75) is 46.1 Å². The standard InChI is InChI=1S/C15H25N3/c1-4-16-15(13-5-6-17-18-10-13)14-8-11(2)7-12(3)9-14/h5-6,10-12,14-16H,4,7-9H2,1-3H3. The Balaban J connectivity index is 2.14. The van der Waals surface area contributed by atoms with Gasteiger partial charge in [0.25, 0.3) is 0 Å². The van der Waals surface area contributed by atoms with E-state index < -0.39 is 0 Å². The van der Waals surface area contributed by atoms with Gasteiger partial charge in [-0.15, -0.1) is 0 Å². The molecule has 1 heterocycles. The van der Waals surface area contributed by atoms with E-state index in [0.29, 0.717) is 6.04 Å². The van der Waals surface area contributed by atoms with Crippen LogP contribution in [0.25, 0.3) is 0 Å². The summed E-state index contributed by atoms with van der Waals surface area (Å²) in [6, 6.07) is 2.54. The van der Waals surface area contributed by atoms with Crippen molar-refractivity contribution in [3.63, 3.8) is 0 Å². The summed E-state index contributed by atoms with van der Waals surface area (Å²) in [7, 11) is 0. The summed E-state index contributed by atoms with van der Waals surface area (Å²) in [5.41, 5.74) is 1.29. The third kappa shape index (κ3) is 3.29. The Morgan fingerprint density at radius 2 is 1.94 bits per heavy atom. The highest BCUT2D eigenvalue weighted by molar-refractivity contribution is 5.13. The Kier molecular flexibility index (Phi) is 4.70. The molecule has 1 saturated carbocycles. The summed E-state index contributed by atoms with van der Waals surface area (Å²) in [5.74, 6) is 2.41. The van der Waals surface area contributed by atoms with Crippen LogP contribution >= 0.6 is 0 Å². The molecule has 3 nitrogen and oxygen atoms in total. The van der Waals surface area contributed by atoms with E-state index in [4.69, 9.17) is 0 Å². The van der Waals surface area contributed by atoms with Gasteiger partial charge >= 0.3 is 0 Å². The highest BCUT2D eigenvalue weighted by Crippen LogP contribution is 2.39. The molecule has 0 amide bonds. The maximum Gasteiger partial charge on any atom is 0.0544 e. The van der Waals surface area contributed by atoms with Gasteiger partial charge in [-0.2, -0.15) is 10.2 Å². The first-order valence-electron chi connectivity index (χ1n) is 7.20. The highest BCUT2D eigenvalue weighted by Gasteiger charge is 2.30. The zero-order chi connectivity index (χ0) is 13.0. The summed E-state index contributed by atoms with van der Waals surface area (Å²) >= 11 is 0. The van der Waals surface area contributed by atoms with Crippen LogP contribution < -0.4 is 5.32 Å². The number of nitrogens with zero attached hydrogens (tertiary/aromatic N) is 2. The van der Waals surface area contributed by atoms with Gasteiger partial charge in [0.2, 0.25) is 0 Å². The lowest BCUT2D eigenvalue weighted by molar-refractivity contribution is 0.177. The third-order valence-corrected chi connectivity index (χ3v) is 4.08. The predicted octanol–water partition coefficient (Wildman–Crippen LogP) is 3.20. The molecule has 0 saturated heterocycles. The minimum atomic E-state index is 0.440. The molecule has 3 unspecified atom stereocenters. The molecule has 3 heteroatoms. The summed E-state index contributed by atoms with van der Waals surface area (Å²) in [6.45, 7) is 7.95. The Morgan fingerprint density at radius 3 is 2.50 bits per heavy atom. The highest BCUT2D eigenvalue weighted by atomic mass is 15.1. The van der Waals surface area contributed by atoms with Gasteiger partial charge in [0, 0.05) is 12.2 Å². The van der Waals surface area contributed by atoms with Crippen molar-refractivity contribution >= 4 is 0 Å². The van der Waals surface area contributed by atoms with E-state index in [0.717, 1.165) is 24.3 Å². The molecule has 0 aromatic carbocycles. The predicted molar refractivity (Wildman–Crippen MR) is 74.1 cm³/mol. The quantitative estimate of drug-likeness (QED) is 0.888. The normalized spacial score (nSPS) is 30.1. The molecule has 1 aromatic rings. The molecule has 0 bridgehead atoms. The molecular formula is C15H25N3. The maximum absolute atomic E-state index is 4.03. The third-order valence-electron chi connectivity index (χ3n) is 4.08. The fourth-order valence-electron chi connectivity index (χ4n) is 3.54. The van der Waals surface area contributed by atoms with Crippen molar-refractivity contribution in [2.75, 3.05) is 6.54 Å². The molecule has 0 radical (unpaired) electrons. The van der Waals surface area contributed by atoms with Gasteiger partial charge in [0.15, 0.2) is 0 Å². The lowest BCUT2D eigenvalue weighted by Crippen LogP contribution is -2.33. The van der Waals surface area contributed by atoms with Gasteiger partial charge in [-0.3, -0.25) is 0 Å². The monoisotopic (exact) mass is 247 g/mol. The largest absolute Gasteiger partial charge is 0.310 e. The molecule has 1 aliphatic rings. The lowest BCUT2D eigenvalue weighted by Gasteiger charge is -2.37. The van der Waals surface area contributed by atoms with Gasteiger partial charge in [-0.25, -0.2) is 0 Å². The van der Waals surface area contributed by atoms with Crippen LogP contribution in [0.15, 0.2) is 18.5 Å². The van der Waals surface area contributed by atoms with E-state index >= 15 is 0 Å². The Hall–Kier alpha value is -0.960. The van der Waals surface area contributed by atoms with Gasteiger partial charge in [0.1, 0.15) is 0 Å². The molecule has 0 spiro atoms. The molecule has 18 heavy (non-hydrogen) atoms. The van der Waals surface area contributed by atoms with E-state index in [1.165, 1.54) is 24.8 Å². The van der Waals surface area contributed by atoms with Crippen molar-refractivity contribution in [2.24, 2.45) is 17.8 Å². The molecule has 1 aromatic heterocycles. The van der Waals surface area contributed by atoms with Crippen LogP contribution in [0.3, 0.4) is 0 Å². The lowest BCUT2D eigenvalue weighted by atomic mass is 9.72. The van der Waals surface area contributed by atoms with Crippen molar-refractivity contribution in [1.82, 2.24) is 15.5 Å². The first-order valence-corrected chi connectivity index (χ1v) is 7.20. The fourth-order valence-corrected chi connectivity index (χ4v) is 3.54. The van der Waals surface area contributed by atoms with Gasteiger partial charge in [-0.05, 0) is 55.2 Å². The van der Waals surface area contributed by atoms with Crippen LogP contribution in [0.2, 0.25) is 0 Å². The summed E-state index contributed by atoms with van der Waals surface area (Å²) in [6.07, 6.45) is 7.74. The second-order valence-electron chi connectivity index (χ2n) is 5.89. The number of hydrogen-bond acceptors (Lipinski definition) is 3. The van der Waals surface area contributed by atoms with E-state index in [1.54, 1.807) is 6.20 Å². The van der Waals surface area contributed by atoms with Crippen LogP contribution in [0.1, 0.15) is 51.6 Å². The molecule has 3 atom stereocenters.